The van der Waals surface area contributed by atoms with Gasteiger partial charge < -0.3 is 19.7 Å². The van der Waals surface area contributed by atoms with Crippen LogP contribution in [0.3, 0.4) is 0 Å². The summed E-state index contributed by atoms with van der Waals surface area (Å²) < 4.78 is 10.4. The summed E-state index contributed by atoms with van der Waals surface area (Å²) in [7, 11) is 1.69. The van der Waals surface area contributed by atoms with Gasteiger partial charge in [0.1, 0.15) is 5.82 Å². The molecule has 0 unspecified atom stereocenters. The van der Waals surface area contributed by atoms with Crippen LogP contribution in [-0.4, -0.2) is 57.6 Å². The normalized spacial score (nSPS) is 16.6. The number of hydrogen-bond donors (Lipinski definition) is 1. The van der Waals surface area contributed by atoms with Gasteiger partial charge in [-0.05, 0) is 25.0 Å². The first-order chi connectivity index (χ1) is 9.90. The van der Waals surface area contributed by atoms with E-state index >= 15 is 0 Å². The molecule has 1 fully saturated rings. The van der Waals surface area contributed by atoms with Gasteiger partial charge in [-0.15, -0.1) is 0 Å². The van der Waals surface area contributed by atoms with Crippen molar-refractivity contribution in [3.63, 3.8) is 0 Å². The minimum absolute atomic E-state index is 0.598. The number of piperidine rings is 1. The van der Waals surface area contributed by atoms with Crippen molar-refractivity contribution in [3.8, 4) is 0 Å². The first-order valence-corrected chi connectivity index (χ1v) is 7.36. The number of aromatic nitrogens is 1. The lowest BCUT2D eigenvalue weighted by Gasteiger charge is -2.33. The van der Waals surface area contributed by atoms with Crippen molar-refractivity contribution < 1.29 is 9.47 Å². The van der Waals surface area contributed by atoms with Crippen LogP contribution >= 0.6 is 0 Å². The van der Waals surface area contributed by atoms with Crippen LogP contribution < -0.4 is 10.2 Å². The molecule has 1 aliphatic heterocycles. The summed E-state index contributed by atoms with van der Waals surface area (Å²) in [5.74, 6) is 1.09. The Labute approximate surface area is 121 Å². The van der Waals surface area contributed by atoms with Gasteiger partial charge in [0.15, 0.2) is 0 Å². The quantitative estimate of drug-likeness (QED) is 0.727. The van der Waals surface area contributed by atoms with Crippen molar-refractivity contribution in [1.82, 2.24) is 10.3 Å². The zero-order chi connectivity index (χ0) is 14.0. The number of nitrogens with zero attached hydrogens (tertiary/aromatic N) is 2. The second-order valence-electron chi connectivity index (χ2n) is 5.01. The highest BCUT2D eigenvalue weighted by Gasteiger charge is 2.19. The van der Waals surface area contributed by atoms with E-state index in [4.69, 9.17) is 9.47 Å². The molecule has 2 rings (SSSR count). The molecule has 1 aromatic heterocycles. The molecule has 0 amide bonds. The molecular weight excluding hydrogens is 254 g/mol. The Balaban J connectivity index is 1.58. The molecule has 0 radical (unpaired) electrons. The van der Waals surface area contributed by atoms with Gasteiger partial charge in [0.05, 0.1) is 19.8 Å². The maximum absolute atomic E-state index is 5.45. The lowest BCUT2D eigenvalue weighted by Crippen LogP contribution is -2.43. The Morgan fingerprint density at radius 2 is 2.10 bits per heavy atom. The van der Waals surface area contributed by atoms with E-state index in [9.17, 15) is 0 Å². The van der Waals surface area contributed by atoms with E-state index in [-0.39, 0.29) is 0 Å². The highest BCUT2D eigenvalue weighted by Crippen LogP contribution is 2.16. The molecule has 20 heavy (non-hydrogen) atoms. The van der Waals surface area contributed by atoms with Crippen molar-refractivity contribution in [1.29, 1.82) is 0 Å². The Morgan fingerprint density at radius 1 is 1.25 bits per heavy atom. The Kier molecular flexibility index (Phi) is 6.77. The smallest absolute Gasteiger partial charge is 0.128 e. The SMILES string of the molecule is COCCOCCNC1CCN(c2ccccn2)CC1. The molecular formula is C15H25N3O2. The maximum atomic E-state index is 5.45. The highest BCUT2D eigenvalue weighted by atomic mass is 16.5. The molecule has 0 spiro atoms. The third-order valence-corrected chi connectivity index (χ3v) is 3.58. The molecule has 2 heterocycles. The van der Waals surface area contributed by atoms with Gasteiger partial charge in [0.2, 0.25) is 0 Å². The summed E-state index contributed by atoms with van der Waals surface area (Å²) in [5.41, 5.74) is 0. The zero-order valence-corrected chi connectivity index (χ0v) is 12.3. The summed E-state index contributed by atoms with van der Waals surface area (Å²) in [6.45, 7) is 5.15. The Morgan fingerprint density at radius 3 is 2.80 bits per heavy atom. The number of rotatable bonds is 8. The Hall–Kier alpha value is -1.17. The number of hydrogen-bond acceptors (Lipinski definition) is 5. The van der Waals surface area contributed by atoms with Gasteiger partial charge in [-0.2, -0.15) is 0 Å². The van der Waals surface area contributed by atoms with Crippen LogP contribution in [0.15, 0.2) is 24.4 Å². The van der Waals surface area contributed by atoms with Crippen molar-refractivity contribution in [3.05, 3.63) is 24.4 Å². The summed E-state index contributed by atoms with van der Waals surface area (Å²) >= 11 is 0. The van der Waals surface area contributed by atoms with Gasteiger partial charge in [-0.25, -0.2) is 4.98 Å². The standard InChI is InChI=1S/C15H25N3O2/c1-19-12-13-20-11-8-16-14-5-9-18(10-6-14)15-4-2-3-7-17-15/h2-4,7,14,16H,5-6,8-13H2,1H3. The molecule has 1 aliphatic rings. The lowest BCUT2D eigenvalue weighted by molar-refractivity contribution is 0.0707. The second-order valence-corrected chi connectivity index (χ2v) is 5.01. The number of ether oxygens (including phenoxy) is 2. The van der Waals surface area contributed by atoms with Crippen LogP contribution in [0.2, 0.25) is 0 Å². The van der Waals surface area contributed by atoms with Crippen LogP contribution in [0, 0.1) is 0 Å². The molecule has 1 N–H and O–H groups in total. The van der Waals surface area contributed by atoms with E-state index in [0.717, 1.165) is 44.9 Å². The maximum Gasteiger partial charge on any atom is 0.128 e. The average Bonchev–Trinajstić information content (AvgIpc) is 2.52. The highest BCUT2D eigenvalue weighted by molar-refractivity contribution is 5.38. The minimum atomic E-state index is 0.598. The zero-order valence-electron chi connectivity index (χ0n) is 12.3. The first-order valence-electron chi connectivity index (χ1n) is 7.36. The topological polar surface area (TPSA) is 46.6 Å². The van der Waals surface area contributed by atoms with Crippen LogP contribution in [-0.2, 0) is 9.47 Å². The predicted octanol–water partition coefficient (Wildman–Crippen LogP) is 1.30. The van der Waals surface area contributed by atoms with Crippen LogP contribution in [0.5, 0.6) is 0 Å². The molecule has 5 heteroatoms. The summed E-state index contributed by atoms with van der Waals surface area (Å²) in [4.78, 5) is 6.76. The van der Waals surface area contributed by atoms with Crippen molar-refractivity contribution in [2.45, 2.75) is 18.9 Å². The second kappa shape index (κ2) is 8.89. The van der Waals surface area contributed by atoms with E-state index in [1.165, 1.54) is 0 Å². The number of methoxy groups -OCH3 is 1. The fraction of sp³-hybridized carbons (Fsp3) is 0.667. The van der Waals surface area contributed by atoms with Crippen LogP contribution in [0.4, 0.5) is 5.82 Å². The molecule has 0 saturated carbocycles. The summed E-state index contributed by atoms with van der Waals surface area (Å²) in [6, 6.07) is 6.68. The molecule has 0 aromatic carbocycles. The summed E-state index contributed by atoms with van der Waals surface area (Å²) in [6.07, 6.45) is 4.18. The first kappa shape index (κ1) is 15.2. The molecule has 1 aromatic rings. The minimum Gasteiger partial charge on any atom is -0.382 e. The Bertz CT molecular complexity index is 353. The molecule has 0 atom stereocenters. The predicted molar refractivity (Wildman–Crippen MR) is 80.2 cm³/mol. The van der Waals surface area contributed by atoms with Gasteiger partial charge in [0, 0.05) is 39.0 Å². The number of pyridine rings is 1. The monoisotopic (exact) mass is 279 g/mol. The van der Waals surface area contributed by atoms with Crippen molar-refractivity contribution in [2.24, 2.45) is 0 Å². The van der Waals surface area contributed by atoms with Gasteiger partial charge in [-0.3, -0.25) is 0 Å². The van der Waals surface area contributed by atoms with Gasteiger partial charge in [-0.1, -0.05) is 6.07 Å². The molecule has 0 bridgehead atoms. The number of anilines is 1. The fourth-order valence-electron chi connectivity index (χ4n) is 2.43. The third kappa shape index (κ3) is 5.07. The molecule has 112 valence electrons. The summed E-state index contributed by atoms with van der Waals surface area (Å²) in [5, 5.41) is 3.56. The van der Waals surface area contributed by atoms with E-state index < -0.39 is 0 Å². The largest absolute Gasteiger partial charge is 0.382 e. The average molecular weight is 279 g/mol. The van der Waals surface area contributed by atoms with E-state index in [1.807, 2.05) is 18.3 Å². The number of nitrogens with one attached hydrogen (secondary N) is 1. The van der Waals surface area contributed by atoms with Crippen LogP contribution in [0.1, 0.15) is 12.8 Å². The molecule has 1 saturated heterocycles. The fourth-order valence-corrected chi connectivity index (χ4v) is 2.43. The lowest BCUT2D eigenvalue weighted by atomic mass is 10.1. The van der Waals surface area contributed by atoms with Gasteiger partial charge >= 0.3 is 0 Å². The van der Waals surface area contributed by atoms with E-state index in [0.29, 0.717) is 19.3 Å². The van der Waals surface area contributed by atoms with E-state index in [2.05, 4.69) is 21.3 Å². The molecule has 5 nitrogen and oxygen atoms in total. The van der Waals surface area contributed by atoms with E-state index in [1.54, 1.807) is 7.11 Å². The third-order valence-electron chi connectivity index (χ3n) is 3.58. The van der Waals surface area contributed by atoms with Crippen molar-refractivity contribution >= 4 is 5.82 Å². The van der Waals surface area contributed by atoms with Gasteiger partial charge in [0.25, 0.3) is 0 Å². The molecule has 0 aliphatic carbocycles. The van der Waals surface area contributed by atoms with Crippen molar-refractivity contribution in [2.75, 3.05) is 51.5 Å². The van der Waals surface area contributed by atoms with Crippen LogP contribution in [0.25, 0.3) is 0 Å².